The summed E-state index contributed by atoms with van der Waals surface area (Å²) in [4.78, 5) is 16.1. The molecule has 1 amide bonds. The van der Waals surface area contributed by atoms with Crippen molar-refractivity contribution in [1.29, 1.82) is 0 Å². The molecule has 0 aliphatic heterocycles. The number of rotatable bonds is 5. The van der Waals surface area contributed by atoms with Gasteiger partial charge in [-0.3, -0.25) is 9.48 Å². The molecule has 1 N–H and O–H groups in total. The highest BCUT2D eigenvalue weighted by Crippen LogP contribution is 2.19. The fourth-order valence-electron chi connectivity index (χ4n) is 1.99. The van der Waals surface area contributed by atoms with Gasteiger partial charge in [0.15, 0.2) is 5.65 Å². The lowest BCUT2D eigenvalue weighted by molar-refractivity contribution is -0.117. The van der Waals surface area contributed by atoms with E-state index >= 15 is 0 Å². The number of hydrogen-bond donors (Lipinski definition) is 1. The second-order valence-corrected chi connectivity index (χ2v) is 5.02. The number of amides is 1. The maximum Gasteiger partial charge on any atom is 0.226 e. The van der Waals surface area contributed by atoms with Crippen LogP contribution in [0.2, 0.25) is 0 Å². The van der Waals surface area contributed by atoms with Crippen molar-refractivity contribution in [2.24, 2.45) is 7.05 Å². The van der Waals surface area contributed by atoms with E-state index in [2.05, 4.69) is 15.4 Å². The monoisotopic (exact) mass is 276 g/mol. The number of carbonyl (C=O) groups is 1. The van der Waals surface area contributed by atoms with Crippen LogP contribution >= 0.6 is 0 Å². The zero-order valence-electron chi connectivity index (χ0n) is 12.3. The average molecular weight is 276 g/mol. The lowest BCUT2D eigenvalue weighted by Crippen LogP contribution is -2.16. The standard InChI is InChI=1S/C14H20N4O2/c1-9(2)20-6-5-13(19)16-11-7-12-10(3)17-18(4)14(12)15-8-11/h7-9H,5-6H2,1-4H3,(H,16,19). The molecule has 0 fully saturated rings. The number of carbonyl (C=O) groups excluding carboxylic acids is 1. The molecule has 2 heterocycles. The highest BCUT2D eigenvalue weighted by atomic mass is 16.5. The third-order valence-electron chi connectivity index (χ3n) is 2.93. The second kappa shape index (κ2) is 6.00. The summed E-state index contributed by atoms with van der Waals surface area (Å²) in [7, 11) is 1.85. The van der Waals surface area contributed by atoms with Gasteiger partial charge in [-0.25, -0.2) is 4.98 Å². The van der Waals surface area contributed by atoms with Gasteiger partial charge in [0, 0.05) is 12.4 Å². The number of fused-ring (bicyclic) bond motifs is 1. The Morgan fingerprint density at radius 2 is 2.25 bits per heavy atom. The third-order valence-corrected chi connectivity index (χ3v) is 2.93. The first-order chi connectivity index (χ1) is 9.47. The Labute approximate surface area is 118 Å². The van der Waals surface area contributed by atoms with Crippen LogP contribution in [0.25, 0.3) is 11.0 Å². The minimum absolute atomic E-state index is 0.0756. The van der Waals surface area contributed by atoms with Crippen molar-refractivity contribution in [3.8, 4) is 0 Å². The fraction of sp³-hybridized carbons (Fsp3) is 0.500. The van der Waals surface area contributed by atoms with Gasteiger partial charge >= 0.3 is 0 Å². The SMILES string of the molecule is Cc1nn(C)c2ncc(NC(=O)CCOC(C)C)cc12. The number of aryl methyl sites for hydroxylation is 2. The molecule has 6 nitrogen and oxygen atoms in total. The van der Waals surface area contributed by atoms with E-state index in [1.807, 2.05) is 33.9 Å². The van der Waals surface area contributed by atoms with Crippen molar-refractivity contribution in [3.63, 3.8) is 0 Å². The van der Waals surface area contributed by atoms with E-state index in [-0.39, 0.29) is 12.0 Å². The van der Waals surface area contributed by atoms with E-state index in [0.29, 0.717) is 18.7 Å². The van der Waals surface area contributed by atoms with E-state index in [4.69, 9.17) is 4.74 Å². The molecule has 0 aromatic carbocycles. The molecule has 0 atom stereocenters. The van der Waals surface area contributed by atoms with Gasteiger partial charge in [0.1, 0.15) is 0 Å². The molecular formula is C14H20N4O2. The lowest BCUT2D eigenvalue weighted by atomic mass is 10.2. The topological polar surface area (TPSA) is 69.0 Å². The summed E-state index contributed by atoms with van der Waals surface area (Å²) < 4.78 is 7.08. The minimum Gasteiger partial charge on any atom is -0.378 e. The predicted octanol–water partition coefficient (Wildman–Crippen LogP) is 2.03. The van der Waals surface area contributed by atoms with E-state index in [1.165, 1.54) is 0 Å². The highest BCUT2D eigenvalue weighted by Gasteiger charge is 2.09. The molecular weight excluding hydrogens is 256 g/mol. The summed E-state index contributed by atoms with van der Waals surface area (Å²) in [5.41, 5.74) is 2.39. The van der Waals surface area contributed by atoms with Crippen molar-refractivity contribution < 1.29 is 9.53 Å². The molecule has 0 unspecified atom stereocenters. The zero-order valence-corrected chi connectivity index (χ0v) is 12.3. The molecule has 2 rings (SSSR count). The largest absolute Gasteiger partial charge is 0.378 e. The average Bonchev–Trinajstić information content (AvgIpc) is 2.64. The van der Waals surface area contributed by atoms with Gasteiger partial charge in [-0.05, 0) is 26.8 Å². The van der Waals surface area contributed by atoms with Gasteiger partial charge in [-0.15, -0.1) is 0 Å². The molecule has 0 radical (unpaired) electrons. The van der Waals surface area contributed by atoms with Crippen LogP contribution < -0.4 is 5.32 Å². The van der Waals surface area contributed by atoms with Crippen LogP contribution in [0.4, 0.5) is 5.69 Å². The Bertz CT molecular complexity index is 619. The molecule has 2 aromatic heterocycles. The van der Waals surface area contributed by atoms with E-state index in [9.17, 15) is 4.79 Å². The van der Waals surface area contributed by atoms with Crippen LogP contribution in [0.5, 0.6) is 0 Å². The van der Waals surface area contributed by atoms with Gasteiger partial charge in [-0.2, -0.15) is 5.10 Å². The third kappa shape index (κ3) is 3.33. The molecule has 2 aromatic rings. The van der Waals surface area contributed by atoms with Crippen molar-refractivity contribution in [2.45, 2.75) is 33.3 Å². The Morgan fingerprint density at radius 1 is 1.50 bits per heavy atom. The number of hydrogen-bond acceptors (Lipinski definition) is 4. The van der Waals surface area contributed by atoms with Crippen LogP contribution in [0.15, 0.2) is 12.3 Å². The molecule has 0 spiro atoms. The first-order valence-electron chi connectivity index (χ1n) is 6.68. The molecule has 0 saturated heterocycles. The summed E-state index contributed by atoms with van der Waals surface area (Å²) in [6.45, 7) is 6.24. The Balaban J connectivity index is 2.03. The summed E-state index contributed by atoms with van der Waals surface area (Å²) in [5.74, 6) is -0.0756. The molecule has 0 aliphatic rings. The fourth-order valence-corrected chi connectivity index (χ4v) is 1.99. The summed E-state index contributed by atoms with van der Waals surface area (Å²) in [6.07, 6.45) is 2.12. The molecule has 0 saturated carbocycles. The molecule has 6 heteroatoms. The van der Waals surface area contributed by atoms with Gasteiger partial charge in [0.25, 0.3) is 0 Å². The van der Waals surface area contributed by atoms with E-state index < -0.39 is 0 Å². The Kier molecular flexibility index (Phi) is 4.34. The van der Waals surface area contributed by atoms with Crippen LogP contribution in [-0.2, 0) is 16.6 Å². The number of aromatic nitrogens is 3. The quantitative estimate of drug-likeness (QED) is 0.907. The normalized spacial score (nSPS) is 11.2. The smallest absolute Gasteiger partial charge is 0.226 e. The van der Waals surface area contributed by atoms with Crippen molar-refractivity contribution in [2.75, 3.05) is 11.9 Å². The van der Waals surface area contributed by atoms with Crippen molar-refractivity contribution in [3.05, 3.63) is 18.0 Å². The van der Waals surface area contributed by atoms with Crippen LogP contribution in [0.1, 0.15) is 26.0 Å². The van der Waals surface area contributed by atoms with Gasteiger partial charge in [0.2, 0.25) is 5.91 Å². The number of nitrogens with one attached hydrogen (secondary N) is 1. The summed E-state index contributed by atoms with van der Waals surface area (Å²) in [5, 5.41) is 8.07. The first kappa shape index (κ1) is 14.5. The van der Waals surface area contributed by atoms with Crippen LogP contribution in [0, 0.1) is 6.92 Å². The predicted molar refractivity (Wildman–Crippen MR) is 77.6 cm³/mol. The molecule has 0 aliphatic carbocycles. The number of ether oxygens (including phenoxy) is 1. The Morgan fingerprint density at radius 3 is 2.95 bits per heavy atom. The van der Waals surface area contributed by atoms with Crippen LogP contribution in [-0.4, -0.2) is 33.4 Å². The van der Waals surface area contributed by atoms with Crippen molar-refractivity contribution >= 4 is 22.6 Å². The molecule has 0 bridgehead atoms. The van der Waals surface area contributed by atoms with E-state index in [0.717, 1.165) is 16.7 Å². The highest BCUT2D eigenvalue weighted by molar-refractivity contribution is 5.93. The number of pyridine rings is 1. The zero-order chi connectivity index (χ0) is 14.7. The molecule has 108 valence electrons. The van der Waals surface area contributed by atoms with Gasteiger partial charge in [-0.1, -0.05) is 0 Å². The number of nitrogens with zero attached hydrogens (tertiary/aromatic N) is 3. The minimum atomic E-state index is -0.0756. The maximum atomic E-state index is 11.8. The van der Waals surface area contributed by atoms with Crippen molar-refractivity contribution in [1.82, 2.24) is 14.8 Å². The second-order valence-electron chi connectivity index (χ2n) is 5.02. The van der Waals surface area contributed by atoms with Crippen LogP contribution in [0.3, 0.4) is 0 Å². The Hall–Kier alpha value is -1.95. The maximum absolute atomic E-state index is 11.8. The van der Waals surface area contributed by atoms with E-state index in [1.54, 1.807) is 10.9 Å². The molecule has 20 heavy (non-hydrogen) atoms. The van der Waals surface area contributed by atoms with Gasteiger partial charge in [0.05, 0.1) is 36.7 Å². The number of anilines is 1. The first-order valence-corrected chi connectivity index (χ1v) is 6.68. The lowest BCUT2D eigenvalue weighted by Gasteiger charge is -2.08. The van der Waals surface area contributed by atoms with Gasteiger partial charge < -0.3 is 10.1 Å². The summed E-state index contributed by atoms with van der Waals surface area (Å²) >= 11 is 0. The summed E-state index contributed by atoms with van der Waals surface area (Å²) in [6, 6.07) is 1.89.